The summed E-state index contributed by atoms with van der Waals surface area (Å²) in [6, 6.07) is 14.6. The van der Waals surface area contributed by atoms with Crippen molar-refractivity contribution in [1.82, 2.24) is 9.55 Å². The zero-order chi connectivity index (χ0) is 20.5. The second-order valence-corrected chi connectivity index (χ2v) is 6.62. The Bertz CT molecular complexity index is 1300. The van der Waals surface area contributed by atoms with Gasteiger partial charge in [0.15, 0.2) is 5.65 Å². The average Bonchev–Trinajstić information content (AvgIpc) is 2.69. The number of carbonyl (C=O) groups is 1. The van der Waals surface area contributed by atoms with E-state index in [0.29, 0.717) is 16.4 Å². The summed E-state index contributed by atoms with van der Waals surface area (Å²) >= 11 is 5.93. The highest BCUT2D eigenvalue weighted by molar-refractivity contribution is 6.31. The van der Waals surface area contributed by atoms with Crippen LogP contribution >= 0.6 is 11.6 Å². The molecule has 0 atom stereocenters. The van der Waals surface area contributed by atoms with Gasteiger partial charge in [-0.25, -0.2) is 9.37 Å². The second kappa shape index (κ2) is 7.37. The Labute approximate surface area is 168 Å². The fraction of sp³-hybridized carbons (Fsp3) is 0. The first kappa shape index (κ1) is 18.6. The molecule has 0 bridgehead atoms. The molecule has 0 aliphatic carbocycles. The molecule has 29 heavy (non-hydrogen) atoms. The van der Waals surface area contributed by atoms with Crippen LogP contribution in [0.2, 0.25) is 5.02 Å². The molecule has 0 aliphatic rings. The summed E-state index contributed by atoms with van der Waals surface area (Å²) in [5.74, 6) is -1.77. The van der Waals surface area contributed by atoms with Crippen molar-refractivity contribution >= 4 is 34.2 Å². The molecule has 6 nitrogen and oxygen atoms in total. The molecule has 2 N–H and O–H groups in total. The molecule has 0 spiro atoms. The van der Waals surface area contributed by atoms with Gasteiger partial charge in [-0.2, -0.15) is 0 Å². The summed E-state index contributed by atoms with van der Waals surface area (Å²) in [6.07, 6.45) is 1.45. The Hall–Kier alpha value is -3.71. The highest BCUT2D eigenvalue weighted by Gasteiger charge is 2.23. The van der Waals surface area contributed by atoms with Gasteiger partial charge in [0, 0.05) is 16.9 Å². The molecule has 4 aromatic rings. The molecule has 8 heteroatoms. The Morgan fingerprint density at radius 2 is 1.86 bits per heavy atom. The SMILES string of the molecule is O=C(Nc1cccc(Cl)c1)c1c(O)c2cccnc2n(-c2ccc(F)cc2)c1=O. The molecule has 2 heterocycles. The van der Waals surface area contributed by atoms with Gasteiger partial charge in [-0.3, -0.25) is 14.2 Å². The van der Waals surface area contributed by atoms with Crippen molar-refractivity contribution in [3.63, 3.8) is 0 Å². The molecule has 0 unspecified atom stereocenters. The van der Waals surface area contributed by atoms with Crippen LogP contribution in [-0.4, -0.2) is 20.6 Å². The molecule has 144 valence electrons. The molecule has 0 saturated heterocycles. The van der Waals surface area contributed by atoms with Crippen molar-refractivity contribution in [3.8, 4) is 11.4 Å². The van der Waals surface area contributed by atoms with Crippen LogP contribution in [0.25, 0.3) is 16.7 Å². The van der Waals surface area contributed by atoms with E-state index in [2.05, 4.69) is 10.3 Å². The van der Waals surface area contributed by atoms with Crippen LogP contribution in [0.5, 0.6) is 5.75 Å². The lowest BCUT2D eigenvalue weighted by Crippen LogP contribution is -2.29. The molecule has 0 radical (unpaired) electrons. The number of nitrogens with one attached hydrogen (secondary N) is 1. The normalized spacial score (nSPS) is 10.8. The van der Waals surface area contributed by atoms with Crippen molar-refractivity contribution in [2.45, 2.75) is 0 Å². The minimum absolute atomic E-state index is 0.140. The van der Waals surface area contributed by atoms with Crippen molar-refractivity contribution in [2.75, 3.05) is 5.32 Å². The summed E-state index contributed by atoms with van der Waals surface area (Å²) in [7, 11) is 0. The monoisotopic (exact) mass is 409 g/mol. The lowest BCUT2D eigenvalue weighted by molar-refractivity contribution is 0.102. The molecule has 2 aromatic carbocycles. The van der Waals surface area contributed by atoms with Gasteiger partial charge in [0.1, 0.15) is 17.1 Å². The Morgan fingerprint density at radius 3 is 2.59 bits per heavy atom. The topological polar surface area (TPSA) is 84.2 Å². The number of benzene rings is 2. The number of aromatic hydroxyl groups is 1. The first-order valence-corrected chi connectivity index (χ1v) is 8.89. The van der Waals surface area contributed by atoms with E-state index in [9.17, 15) is 19.1 Å². The van der Waals surface area contributed by atoms with Crippen LogP contribution in [0.1, 0.15) is 10.4 Å². The van der Waals surface area contributed by atoms with Crippen LogP contribution < -0.4 is 10.9 Å². The van der Waals surface area contributed by atoms with E-state index < -0.39 is 28.6 Å². The van der Waals surface area contributed by atoms with E-state index in [0.717, 1.165) is 4.57 Å². The minimum atomic E-state index is -0.809. The number of aromatic nitrogens is 2. The highest BCUT2D eigenvalue weighted by atomic mass is 35.5. The predicted octanol–water partition coefficient (Wildman–Crippen LogP) is 4.14. The van der Waals surface area contributed by atoms with E-state index in [1.165, 1.54) is 42.6 Å². The maximum absolute atomic E-state index is 13.3. The van der Waals surface area contributed by atoms with Crippen molar-refractivity contribution < 1.29 is 14.3 Å². The largest absolute Gasteiger partial charge is 0.506 e. The van der Waals surface area contributed by atoms with Crippen molar-refractivity contribution in [2.24, 2.45) is 0 Å². The fourth-order valence-electron chi connectivity index (χ4n) is 3.00. The fourth-order valence-corrected chi connectivity index (χ4v) is 3.19. The standard InChI is InChI=1S/C21H13ClFN3O3/c22-12-3-1-4-14(11-12)25-20(28)17-18(27)16-5-2-10-24-19(16)26(21(17)29)15-8-6-13(23)7-9-15/h1-11,27H,(H,25,28). The number of pyridine rings is 2. The number of amides is 1. The number of rotatable bonds is 3. The number of halogens is 2. The third-order valence-corrected chi connectivity index (χ3v) is 4.54. The molecule has 0 aliphatic heterocycles. The van der Waals surface area contributed by atoms with Crippen LogP contribution in [-0.2, 0) is 0 Å². The molecule has 0 saturated carbocycles. The van der Waals surface area contributed by atoms with Gasteiger partial charge in [-0.05, 0) is 54.6 Å². The highest BCUT2D eigenvalue weighted by Crippen LogP contribution is 2.27. The molecular formula is C21H13ClFN3O3. The van der Waals surface area contributed by atoms with Gasteiger partial charge in [0.2, 0.25) is 0 Å². The van der Waals surface area contributed by atoms with Crippen LogP contribution in [0.15, 0.2) is 71.7 Å². The number of carbonyl (C=O) groups excluding carboxylic acids is 1. The van der Waals surface area contributed by atoms with Gasteiger partial charge in [-0.15, -0.1) is 0 Å². The first-order chi connectivity index (χ1) is 14.0. The summed E-state index contributed by atoms with van der Waals surface area (Å²) < 4.78 is 14.5. The molecule has 0 fully saturated rings. The molecular weight excluding hydrogens is 397 g/mol. The predicted molar refractivity (Wildman–Crippen MR) is 108 cm³/mol. The first-order valence-electron chi connectivity index (χ1n) is 8.51. The summed E-state index contributed by atoms with van der Waals surface area (Å²) in [4.78, 5) is 30.2. The van der Waals surface area contributed by atoms with Gasteiger partial charge >= 0.3 is 0 Å². The number of nitrogens with zero attached hydrogens (tertiary/aromatic N) is 2. The maximum atomic E-state index is 13.3. The van der Waals surface area contributed by atoms with Gasteiger partial charge < -0.3 is 10.4 Å². The van der Waals surface area contributed by atoms with Crippen molar-refractivity contribution in [3.05, 3.63) is 93.6 Å². The summed E-state index contributed by atoms with van der Waals surface area (Å²) in [5, 5.41) is 13.8. The lowest BCUT2D eigenvalue weighted by atomic mass is 10.1. The quantitative estimate of drug-likeness (QED) is 0.532. The molecule has 4 rings (SSSR count). The van der Waals surface area contributed by atoms with Gasteiger partial charge in [-0.1, -0.05) is 17.7 Å². The number of hydrogen-bond acceptors (Lipinski definition) is 4. The lowest BCUT2D eigenvalue weighted by Gasteiger charge is -2.14. The average molecular weight is 410 g/mol. The third kappa shape index (κ3) is 3.43. The van der Waals surface area contributed by atoms with Crippen LogP contribution in [0, 0.1) is 5.82 Å². The van der Waals surface area contributed by atoms with E-state index in [1.54, 1.807) is 24.3 Å². The van der Waals surface area contributed by atoms with Crippen LogP contribution in [0.4, 0.5) is 10.1 Å². The Morgan fingerprint density at radius 1 is 1.10 bits per heavy atom. The number of anilines is 1. The van der Waals surface area contributed by atoms with Gasteiger partial charge in [0.05, 0.1) is 11.1 Å². The van der Waals surface area contributed by atoms with Crippen LogP contribution in [0.3, 0.4) is 0 Å². The Kier molecular flexibility index (Phi) is 4.74. The summed E-state index contributed by atoms with van der Waals surface area (Å²) in [6.45, 7) is 0. The number of hydrogen-bond donors (Lipinski definition) is 2. The minimum Gasteiger partial charge on any atom is -0.506 e. The third-order valence-electron chi connectivity index (χ3n) is 4.30. The number of fused-ring (bicyclic) bond motifs is 1. The second-order valence-electron chi connectivity index (χ2n) is 6.18. The maximum Gasteiger partial charge on any atom is 0.273 e. The smallest absolute Gasteiger partial charge is 0.273 e. The Balaban J connectivity index is 1.94. The van der Waals surface area contributed by atoms with E-state index in [1.807, 2.05) is 0 Å². The van der Waals surface area contributed by atoms with Crippen molar-refractivity contribution in [1.29, 1.82) is 0 Å². The molecule has 1 amide bonds. The van der Waals surface area contributed by atoms with E-state index in [4.69, 9.17) is 11.6 Å². The van der Waals surface area contributed by atoms with Gasteiger partial charge in [0.25, 0.3) is 11.5 Å². The zero-order valence-corrected chi connectivity index (χ0v) is 15.5. The van der Waals surface area contributed by atoms with E-state index in [-0.39, 0.29) is 11.0 Å². The molecule has 2 aromatic heterocycles. The zero-order valence-electron chi connectivity index (χ0n) is 14.8. The summed E-state index contributed by atoms with van der Waals surface area (Å²) in [5.41, 5.74) is -0.451. The van der Waals surface area contributed by atoms with E-state index >= 15 is 0 Å².